The van der Waals surface area contributed by atoms with E-state index in [1.54, 1.807) is 12.1 Å². The van der Waals surface area contributed by atoms with Crippen molar-refractivity contribution in [3.63, 3.8) is 0 Å². The number of aromatic nitrogens is 4. The number of aromatic amines is 2. The molecule has 9 rings (SSSR count). The Labute approximate surface area is 430 Å². The molecule has 378 valence electrons. The normalized spacial score (nSPS) is 11.9. The largest absolute Gasteiger partial charge is 0.480 e. The van der Waals surface area contributed by atoms with Crippen LogP contribution < -0.4 is 5.32 Å². The summed E-state index contributed by atoms with van der Waals surface area (Å²) in [4.78, 5) is 82.0. The number of anilines is 1. The SMILES string of the molecule is O=C(O)CN(CCN(CC(=O)O)CC(=O)O)CCN(CC(=O)O)CC(=O)Nc1ccc(-c2c3nc(c(-c4ccccc4)c4ccc([nH]4)c(-c4ccccc4)c4nc(c(-c5ccccc5)c5ccc2[nH]5)C=C4)C=C3)cc1. The Balaban J connectivity index is 1.08. The summed E-state index contributed by atoms with van der Waals surface area (Å²) in [7, 11) is 0. The number of H-pyrrole nitrogens is 2. The van der Waals surface area contributed by atoms with Gasteiger partial charge in [-0.1, -0.05) is 103 Å². The molecule has 4 aromatic carbocycles. The van der Waals surface area contributed by atoms with E-state index in [0.717, 1.165) is 88.6 Å². The summed E-state index contributed by atoms with van der Waals surface area (Å²) in [5.74, 6) is -5.41. The van der Waals surface area contributed by atoms with Crippen molar-refractivity contribution < 1.29 is 44.4 Å². The monoisotopic (exact) mass is 1000 g/mol. The van der Waals surface area contributed by atoms with Gasteiger partial charge in [0.1, 0.15) is 0 Å². The summed E-state index contributed by atoms with van der Waals surface area (Å²) >= 11 is 0. The van der Waals surface area contributed by atoms with Crippen LogP contribution in [0.1, 0.15) is 22.8 Å². The van der Waals surface area contributed by atoms with E-state index in [9.17, 15) is 44.4 Å². The van der Waals surface area contributed by atoms with E-state index < -0.39 is 56.0 Å². The molecule has 0 atom stereocenters. The van der Waals surface area contributed by atoms with Gasteiger partial charge in [0.15, 0.2) is 0 Å². The molecule has 0 saturated carbocycles. The highest BCUT2D eigenvalue weighted by atomic mass is 16.4. The number of fused-ring (bicyclic) bond motifs is 8. The number of amides is 1. The number of carbonyl (C=O) groups excluding carboxylic acids is 1. The molecular weight excluding hydrogens is 953 g/mol. The quantitative estimate of drug-likeness (QED) is 0.0357. The lowest BCUT2D eigenvalue weighted by Gasteiger charge is -2.27. The van der Waals surface area contributed by atoms with E-state index in [1.807, 2.05) is 97.1 Å². The van der Waals surface area contributed by atoms with Crippen molar-refractivity contribution in [3.05, 3.63) is 162 Å². The van der Waals surface area contributed by atoms with Crippen molar-refractivity contribution in [2.45, 2.75) is 0 Å². The predicted molar refractivity (Wildman–Crippen MR) is 289 cm³/mol. The molecule has 7 aromatic rings. The molecule has 0 saturated heterocycles. The van der Waals surface area contributed by atoms with Crippen molar-refractivity contribution in [2.75, 3.05) is 64.2 Å². The lowest BCUT2D eigenvalue weighted by atomic mass is 10.0. The third-order valence-electron chi connectivity index (χ3n) is 12.7. The lowest BCUT2D eigenvalue weighted by molar-refractivity contribution is -0.143. The maximum Gasteiger partial charge on any atom is 0.317 e. The summed E-state index contributed by atoms with van der Waals surface area (Å²) < 4.78 is 0. The minimum Gasteiger partial charge on any atom is -0.480 e. The third kappa shape index (κ3) is 12.5. The summed E-state index contributed by atoms with van der Waals surface area (Å²) in [5.41, 5.74) is 14.1. The molecule has 0 aliphatic carbocycles. The molecule has 2 aliphatic heterocycles. The molecule has 5 heterocycles. The first-order valence-electron chi connectivity index (χ1n) is 24.1. The number of nitrogens with zero attached hydrogens (tertiary/aromatic N) is 5. The molecule has 0 fully saturated rings. The van der Waals surface area contributed by atoms with Crippen molar-refractivity contribution in [1.29, 1.82) is 0 Å². The summed E-state index contributed by atoms with van der Waals surface area (Å²) in [5, 5.41) is 40.6. The second-order valence-corrected chi connectivity index (χ2v) is 18.0. The zero-order valence-electron chi connectivity index (χ0n) is 40.5. The summed E-state index contributed by atoms with van der Waals surface area (Å²) in [6.07, 6.45) is 8.12. The zero-order valence-corrected chi connectivity index (χ0v) is 40.5. The average Bonchev–Trinajstić information content (AvgIpc) is 4.25. The number of rotatable bonds is 21. The standard InChI is InChI=1S/C58H52N8O9/c67-50(32-65(34-52(70)71)30-28-64(33-51(68)69)29-31-66(35-53(72)73)36-54(74)75)59-41-18-16-40(17-19-41)58-48-26-24-46(62-48)56(38-12-6-2-7-13-38)44-22-20-42(60-44)55(37-10-4-1-5-11-37)43-21-23-45(61-43)57(39-14-8-3-9-15-39)47-25-27-49(58)63-47/h1-27,60,63H,28-36H2,(H,59,67)(H,68,69)(H,70,71)(H,72,73)(H,74,75). The molecule has 0 unspecified atom stereocenters. The van der Waals surface area contributed by atoms with E-state index in [-0.39, 0.29) is 32.7 Å². The minimum absolute atomic E-state index is 0.00852. The Morgan fingerprint density at radius 1 is 0.373 bits per heavy atom. The smallest absolute Gasteiger partial charge is 0.317 e. The fourth-order valence-electron chi connectivity index (χ4n) is 9.39. The van der Waals surface area contributed by atoms with Gasteiger partial charge in [0, 0.05) is 76.2 Å². The minimum atomic E-state index is -1.25. The maximum absolute atomic E-state index is 13.6. The van der Waals surface area contributed by atoms with E-state index >= 15 is 0 Å². The van der Waals surface area contributed by atoms with Gasteiger partial charge < -0.3 is 35.7 Å². The predicted octanol–water partition coefficient (Wildman–Crippen LogP) is 8.51. The molecule has 7 N–H and O–H groups in total. The molecule has 17 heteroatoms. The number of carboxylic acid groups (broad SMARTS) is 4. The van der Waals surface area contributed by atoms with Gasteiger partial charge in [-0.25, -0.2) is 9.97 Å². The molecule has 2 aliphatic rings. The second-order valence-electron chi connectivity index (χ2n) is 18.0. The highest BCUT2D eigenvalue weighted by Crippen LogP contribution is 2.38. The van der Waals surface area contributed by atoms with E-state index in [4.69, 9.17) is 9.97 Å². The van der Waals surface area contributed by atoms with Gasteiger partial charge in [0.25, 0.3) is 0 Å². The Bertz CT molecular complexity index is 3450. The Morgan fingerprint density at radius 2 is 0.667 bits per heavy atom. The Hall–Kier alpha value is -9.29. The Morgan fingerprint density at radius 3 is 1.00 bits per heavy atom. The van der Waals surface area contributed by atoms with Gasteiger partial charge in [-0.05, 0) is 83.0 Å². The van der Waals surface area contributed by atoms with Crippen molar-refractivity contribution in [1.82, 2.24) is 34.6 Å². The average molecular weight is 1010 g/mol. The molecule has 1 amide bonds. The topological polar surface area (TPSA) is 245 Å². The van der Waals surface area contributed by atoms with Crippen LogP contribution in [0.4, 0.5) is 5.69 Å². The molecular formula is C58H52N8O9. The number of hydrogen-bond acceptors (Lipinski definition) is 10. The number of nitrogens with one attached hydrogen (secondary N) is 3. The van der Waals surface area contributed by atoms with Crippen molar-refractivity contribution >= 4 is 81.8 Å². The molecule has 17 nitrogen and oxygen atoms in total. The summed E-state index contributed by atoms with van der Waals surface area (Å²) in [6.45, 7) is -2.65. The van der Waals surface area contributed by atoms with Crippen LogP contribution in [0.3, 0.4) is 0 Å². The van der Waals surface area contributed by atoms with Gasteiger partial charge >= 0.3 is 23.9 Å². The van der Waals surface area contributed by atoms with Crippen LogP contribution in [-0.2, 0) is 24.0 Å². The highest BCUT2D eigenvalue weighted by molar-refractivity contribution is 6.00. The van der Waals surface area contributed by atoms with Gasteiger partial charge in [-0.3, -0.25) is 38.7 Å². The first-order chi connectivity index (χ1) is 36.3. The van der Waals surface area contributed by atoms with Gasteiger partial charge in [0.2, 0.25) is 5.91 Å². The molecule has 0 radical (unpaired) electrons. The van der Waals surface area contributed by atoms with Crippen LogP contribution in [0, 0.1) is 0 Å². The van der Waals surface area contributed by atoms with E-state index in [2.05, 4.69) is 69.9 Å². The van der Waals surface area contributed by atoms with Crippen LogP contribution in [-0.4, -0.2) is 144 Å². The molecule has 75 heavy (non-hydrogen) atoms. The fourth-order valence-corrected chi connectivity index (χ4v) is 9.39. The van der Waals surface area contributed by atoms with Gasteiger partial charge in [-0.2, -0.15) is 0 Å². The number of carboxylic acids is 4. The van der Waals surface area contributed by atoms with E-state index in [1.165, 1.54) is 9.80 Å². The van der Waals surface area contributed by atoms with Crippen LogP contribution in [0.2, 0.25) is 0 Å². The van der Waals surface area contributed by atoms with Gasteiger partial charge in [0.05, 0.1) is 55.5 Å². The number of hydrogen-bond donors (Lipinski definition) is 7. The lowest BCUT2D eigenvalue weighted by Crippen LogP contribution is -2.46. The summed E-state index contributed by atoms with van der Waals surface area (Å²) in [6, 6.07) is 45.9. The van der Waals surface area contributed by atoms with Crippen LogP contribution in [0.25, 0.3) is 90.9 Å². The number of aliphatic carboxylic acids is 4. The van der Waals surface area contributed by atoms with Crippen LogP contribution >= 0.6 is 0 Å². The Kier molecular flexibility index (Phi) is 15.6. The second kappa shape index (κ2) is 23.1. The zero-order chi connectivity index (χ0) is 52.4. The van der Waals surface area contributed by atoms with Crippen LogP contribution in [0.15, 0.2) is 140 Å². The number of benzene rings is 4. The first kappa shape index (κ1) is 50.6. The fraction of sp³-hybridized carbons (Fsp3) is 0.155. The van der Waals surface area contributed by atoms with Crippen molar-refractivity contribution in [3.8, 4) is 44.5 Å². The third-order valence-corrected chi connectivity index (χ3v) is 12.7. The number of carbonyl (C=O) groups is 5. The first-order valence-corrected chi connectivity index (χ1v) is 24.1. The van der Waals surface area contributed by atoms with Gasteiger partial charge in [-0.15, -0.1) is 0 Å². The molecule has 8 bridgehead atoms. The van der Waals surface area contributed by atoms with Crippen LogP contribution in [0.5, 0.6) is 0 Å². The maximum atomic E-state index is 13.6. The molecule has 3 aromatic heterocycles. The molecule has 0 spiro atoms. The van der Waals surface area contributed by atoms with E-state index in [0.29, 0.717) is 11.4 Å². The highest BCUT2D eigenvalue weighted by Gasteiger charge is 2.22. The van der Waals surface area contributed by atoms with Crippen molar-refractivity contribution in [2.24, 2.45) is 0 Å².